The molecular formula is C10H18N4O7. The number of hydrogen-bond acceptors (Lipinski definition) is 7. The number of primary amides is 2. The number of carbonyl (C=O) groups excluding carboxylic acids is 3. The molecular weight excluding hydrogens is 288 g/mol. The summed E-state index contributed by atoms with van der Waals surface area (Å²) in [5, 5.41) is 27.2. The van der Waals surface area contributed by atoms with Crippen molar-refractivity contribution in [3.63, 3.8) is 0 Å². The highest BCUT2D eigenvalue weighted by Crippen LogP contribution is 2.09. The first-order valence-corrected chi connectivity index (χ1v) is 5.91. The van der Waals surface area contributed by atoms with Gasteiger partial charge in [-0.3, -0.25) is 19.6 Å². The average Bonchev–Trinajstić information content (AvgIpc) is 2.37. The lowest BCUT2D eigenvalue weighted by atomic mass is 10.1. The highest BCUT2D eigenvalue weighted by Gasteiger charge is 2.33. The normalized spacial score (nSPS) is 13.2. The number of carbonyl (C=O) groups is 4. The zero-order chi connectivity index (χ0) is 16.6. The molecule has 0 aliphatic heterocycles. The van der Waals surface area contributed by atoms with Crippen LogP contribution in [-0.2, 0) is 19.2 Å². The Morgan fingerprint density at radius 1 is 1.05 bits per heavy atom. The largest absolute Gasteiger partial charge is 0.480 e. The number of hydroxylamine groups is 3. The molecule has 120 valence electrons. The number of carboxylic acids is 1. The zero-order valence-electron chi connectivity index (χ0n) is 11.1. The van der Waals surface area contributed by atoms with E-state index in [9.17, 15) is 24.4 Å². The van der Waals surface area contributed by atoms with E-state index >= 15 is 0 Å². The molecule has 8 N–H and O–H groups in total. The Hall–Kier alpha value is -2.24. The van der Waals surface area contributed by atoms with E-state index < -0.39 is 42.2 Å². The Kier molecular flexibility index (Phi) is 7.89. The smallest absolute Gasteiger partial charge is 0.329 e. The summed E-state index contributed by atoms with van der Waals surface area (Å²) in [4.78, 5) is 44.0. The van der Waals surface area contributed by atoms with Gasteiger partial charge in [-0.2, -0.15) is 5.48 Å². The molecule has 0 saturated carbocycles. The minimum atomic E-state index is -1.71. The van der Waals surface area contributed by atoms with E-state index in [0.717, 1.165) is 0 Å². The van der Waals surface area contributed by atoms with Gasteiger partial charge in [0.1, 0.15) is 6.04 Å². The van der Waals surface area contributed by atoms with Gasteiger partial charge in [0, 0.05) is 12.8 Å². The van der Waals surface area contributed by atoms with Gasteiger partial charge in [0.05, 0.1) is 0 Å². The second kappa shape index (κ2) is 8.84. The van der Waals surface area contributed by atoms with Gasteiger partial charge in [-0.25, -0.2) is 9.86 Å². The molecule has 0 aromatic rings. The number of nitrogens with zero attached hydrogens (tertiary/aromatic N) is 1. The molecule has 0 radical (unpaired) electrons. The molecule has 0 fully saturated rings. The first kappa shape index (κ1) is 18.8. The van der Waals surface area contributed by atoms with Gasteiger partial charge in [-0.1, -0.05) is 0 Å². The molecule has 11 nitrogen and oxygen atoms in total. The molecule has 21 heavy (non-hydrogen) atoms. The quantitative estimate of drug-likeness (QED) is 0.188. The van der Waals surface area contributed by atoms with Gasteiger partial charge in [-0.05, 0) is 12.8 Å². The number of nitrogens with one attached hydrogen (secondary N) is 1. The molecule has 0 unspecified atom stereocenters. The molecule has 11 heteroatoms. The maximum absolute atomic E-state index is 11.8. The SMILES string of the molecule is NC(=O)CC[C@H](NO)C(=O)N(O)[C@@H](CCC(N)=O)C(=O)O. The predicted molar refractivity (Wildman–Crippen MR) is 65.6 cm³/mol. The van der Waals surface area contributed by atoms with E-state index in [1.165, 1.54) is 0 Å². The Bertz CT molecular complexity index is 414. The third kappa shape index (κ3) is 6.65. The summed E-state index contributed by atoms with van der Waals surface area (Å²) in [6, 6.07) is -3.13. The van der Waals surface area contributed by atoms with E-state index in [2.05, 4.69) is 0 Å². The van der Waals surface area contributed by atoms with Crippen LogP contribution in [0.25, 0.3) is 0 Å². The van der Waals surface area contributed by atoms with Gasteiger partial charge in [0.25, 0.3) is 5.91 Å². The van der Waals surface area contributed by atoms with Gasteiger partial charge in [0.15, 0.2) is 6.04 Å². The first-order chi connectivity index (χ1) is 9.70. The third-order valence-corrected chi connectivity index (χ3v) is 2.60. The molecule has 0 aliphatic rings. The summed E-state index contributed by atoms with van der Waals surface area (Å²) >= 11 is 0. The molecule has 3 amide bonds. The highest BCUT2D eigenvalue weighted by atomic mass is 16.5. The number of carboxylic acid groups (broad SMARTS) is 1. The van der Waals surface area contributed by atoms with E-state index in [-0.39, 0.29) is 24.3 Å². The van der Waals surface area contributed by atoms with Crippen LogP contribution in [0.3, 0.4) is 0 Å². The Morgan fingerprint density at radius 2 is 1.52 bits per heavy atom. The second-order valence-electron chi connectivity index (χ2n) is 4.23. The van der Waals surface area contributed by atoms with Crippen molar-refractivity contribution in [3.8, 4) is 0 Å². The first-order valence-electron chi connectivity index (χ1n) is 5.91. The summed E-state index contributed by atoms with van der Waals surface area (Å²) < 4.78 is 0. The van der Waals surface area contributed by atoms with Crippen LogP contribution in [0.5, 0.6) is 0 Å². The Balaban J connectivity index is 4.83. The van der Waals surface area contributed by atoms with Crippen LogP contribution in [0.4, 0.5) is 0 Å². The number of amides is 3. The number of aliphatic carboxylic acids is 1. The van der Waals surface area contributed by atoms with Gasteiger partial charge in [0.2, 0.25) is 11.8 Å². The monoisotopic (exact) mass is 306 g/mol. The summed E-state index contributed by atoms with van der Waals surface area (Å²) in [5.74, 6) is -4.28. The molecule has 0 spiro atoms. The summed E-state index contributed by atoms with van der Waals surface area (Å²) in [6.45, 7) is 0. The summed E-state index contributed by atoms with van der Waals surface area (Å²) in [7, 11) is 0. The van der Waals surface area contributed by atoms with Crippen LogP contribution in [0, 0.1) is 0 Å². The molecule has 0 aliphatic carbocycles. The van der Waals surface area contributed by atoms with Gasteiger partial charge < -0.3 is 21.8 Å². The molecule has 0 saturated heterocycles. The maximum Gasteiger partial charge on any atom is 0.329 e. The third-order valence-electron chi connectivity index (χ3n) is 2.60. The molecule has 0 aromatic carbocycles. The number of nitrogens with two attached hydrogens (primary N) is 2. The lowest BCUT2D eigenvalue weighted by molar-refractivity contribution is -0.190. The van der Waals surface area contributed by atoms with Crippen molar-refractivity contribution in [2.75, 3.05) is 0 Å². The van der Waals surface area contributed by atoms with E-state index in [1.54, 1.807) is 5.48 Å². The van der Waals surface area contributed by atoms with Crippen molar-refractivity contribution in [1.82, 2.24) is 10.5 Å². The van der Waals surface area contributed by atoms with Gasteiger partial charge in [-0.15, -0.1) is 0 Å². The van der Waals surface area contributed by atoms with Crippen LogP contribution in [0.1, 0.15) is 25.7 Å². The van der Waals surface area contributed by atoms with Crippen LogP contribution < -0.4 is 16.9 Å². The van der Waals surface area contributed by atoms with E-state index in [0.29, 0.717) is 0 Å². The lowest BCUT2D eigenvalue weighted by Crippen LogP contribution is -2.51. The summed E-state index contributed by atoms with van der Waals surface area (Å²) in [6.07, 6.45) is -1.28. The van der Waals surface area contributed by atoms with Crippen molar-refractivity contribution in [2.45, 2.75) is 37.8 Å². The van der Waals surface area contributed by atoms with Crippen molar-refractivity contribution in [2.24, 2.45) is 11.5 Å². The van der Waals surface area contributed by atoms with Crippen molar-refractivity contribution < 1.29 is 34.7 Å². The van der Waals surface area contributed by atoms with E-state index in [4.69, 9.17) is 21.8 Å². The van der Waals surface area contributed by atoms with Gasteiger partial charge >= 0.3 is 5.97 Å². The zero-order valence-corrected chi connectivity index (χ0v) is 11.1. The fourth-order valence-corrected chi connectivity index (χ4v) is 1.47. The molecule has 0 heterocycles. The molecule has 0 aromatic heterocycles. The fraction of sp³-hybridized carbons (Fsp3) is 0.600. The fourth-order valence-electron chi connectivity index (χ4n) is 1.47. The minimum absolute atomic E-state index is 0.125. The number of hydrogen-bond donors (Lipinski definition) is 6. The second-order valence-corrected chi connectivity index (χ2v) is 4.23. The molecule has 0 bridgehead atoms. The van der Waals surface area contributed by atoms with Crippen molar-refractivity contribution in [3.05, 3.63) is 0 Å². The van der Waals surface area contributed by atoms with Crippen LogP contribution in [0.2, 0.25) is 0 Å². The Labute approximate surface area is 119 Å². The summed E-state index contributed by atoms with van der Waals surface area (Å²) in [5.41, 5.74) is 11.3. The van der Waals surface area contributed by atoms with E-state index in [1.807, 2.05) is 0 Å². The van der Waals surface area contributed by atoms with Crippen molar-refractivity contribution >= 4 is 23.7 Å². The molecule has 0 rings (SSSR count). The predicted octanol–water partition coefficient (Wildman–Crippen LogP) is -2.46. The standard InChI is InChI=1S/C10H18N4O7/c11-7(15)3-1-5(13-20)9(17)14(21)6(10(18)19)2-4-8(12)16/h5-6,13,20-21H,1-4H2,(H2,11,15)(H2,12,16)(H,18,19)/t5-,6-/m0/s1. The van der Waals surface area contributed by atoms with Crippen LogP contribution >= 0.6 is 0 Å². The van der Waals surface area contributed by atoms with Crippen LogP contribution in [-0.4, -0.2) is 56.4 Å². The maximum atomic E-state index is 11.8. The highest BCUT2D eigenvalue weighted by molar-refractivity contribution is 5.86. The van der Waals surface area contributed by atoms with Crippen molar-refractivity contribution in [1.29, 1.82) is 0 Å². The Morgan fingerprint density at radius 3 is 1.90 bits per heavy atom. The number of rotatable bonds is 10. The average molecular weight is 306 g/mol. The molecule has 2 atom stereocenters. The lowest BCUT2D eigenvalue weighted by Gasteiger charge is -2.25. The topological polar surface area (TPSA) is 196 Å². The van der Waals surface area contributed by atoms with Crippen LogP contribution in [0.15, 0.2) is 0 Å². The minimum Gasteiger partial charge on any atom is -0.480 e.